The molecule has 2 aromatic rings. The number of ether oxygens (including phenoxy) is 1. The number of nitriles is 1. The second kappa shape index (κ2) is 6.24. The summed E-state index contributed by atoms with van der Waals surface area (Å²) in [5, 5.41) is 12.4. The van der Waals surface area contributed by atoms with Crippen molar-refractivity contribution in [3.05, 3.63) is 56.2 Å². The lowest BCUT2D eigenvalue weighted by molar-refractivity contribution is 0.229. The topological polar surface area (TPSA) is 89.1 Å². The van der Waals surface area contributed by atoms with Crippen molar-refractivity contribution in [3.8, 4) is 11.8 Å². The molecule has 1 atom stereocenters. The van der Waals surface area contributed by atoms with Crippen LogP contribution in [0.15, 0.2) is 33.9 Å². The molecule has 1 N–H and O–H groups in total. The molecule has 0 saturated carbocycles. The van der Waals surface area contributed by atoms with Crippen molar-refractivity contribution in [1.29, 1.82) is 5.26 Å². The molecule has 1 aromatic carbocycles. The number of nitrogens with zero attached hydrogens (tertiary/aromatic N) is 3. The van der Waals surface area contributed by atoms with E-state index in [2.05, 4.69) is 5.32 Å². The van der Waals surface area contributed by atoms with Crippen molar-refractivity contribution in [2.45, 2.75) is 6.42 Å². The fourth-order valence-electron chi connectivity index (χ4n) is 2.91. The minimum atomic E-state index is -0.590. The average Bonchev–Trinajstić information content (AvgIpc) is 2.61. The van der Waals surface area contributed by atoms with Gasteiger partial charge in [0.05, 0.1) is 6.61 Å². The van der Waals surface area contributed by atoms with Crippen molar-refractivity contribution in [1.82, 2.24) is 9.13 Å². The number of aromatic nitrogens is 2. The van der Waals surface area contributed by atoms with E-state index in [0.717, 1.165) is 22.3 Å². The highest BCUT2D eigenvalue weighted by molar-refractivity contribution is 5.51. The van der Waals surface area contributed by atoms with Crippen LogP contribution in [0.4, 0.5) is 5.82 Å². The SMILES string of the molecule is Cn1c(NC[C@@H]2COc3ccccc3C2)c(C#N)c(=O)n(C)c1=O. The van der Waals surface area contributed by atoms with Gasteiger partial charge in [-0.3, -0.25) is 13.9 Å². The summed E-state index contributed by atoms with van der Waals surface area (Å²) in [4.78, 5) is 24.1. The molecule has 1 aromatic heterocycles. The van der Waals surface area contributed by atoms with Crippen molar-refractivity contribution < 1.29 is 4.74 Å². The zero-order valence-corrected chi connectivity index (χ0v) is 13.6. The molecular weight excluding hydrogens is 308 g/mol. The van der Waals surface area contributed by atoms with Crippen LogP contribution in [0.2, 0.25) is 0 Å². The number of hydrogen-bond acceptors (Lipinski definition) is 5. The van der Waals surface area contributed by atoms with Crippen LogP contribution in [0.25, 0.3) is 0 Å². The molecule has 0 saturated heterocycles. The molecule has 2 heterocycles. The van der Waals surface area contributed by atoms with E-state index >= 15 is 0 Å². The van der Waals surface area contributed by atoms with E-state index in [1.807, 2.05) is 30.3 Å². The van der Waals surface area contributed by atoms with Crippen LogP contribution in [0.5, 0.6) is 5.75 Å². The number of rotatable bonds is 3. The zero-order valence-electron chi connectivity index (χ0n) is 13.6. The van der Waals surface area contributed by atoms with Crippen LogP contribution in [0.1, 0.15) is 11.1 Å². The van der Waals surface area contributed by atoms with Gasteiger partial charge in [0.1, 0.15) is 17.6 Å². The monoisotopic (exact) mass is 326 g/mol. The average molecular weight is 326 g/mol. The summed E-state index contributed by atoms with van der Waals surface area (Å²) >= 11 is 0. The van der Waals surface area contributed by atoms with E-state index in [0.29, 0.717) is 13.2 Å². The molecule has 0 radical (unpaired) electrons. The molecule has 1 aliphatic rings. The Morgan fingerprint density at radius 2 is 2.04 bits per heavy atom. The van der Waals surface area contributed by atoms with Crippen molar-refractivity contribution in [2.24, 2.45) is 20.0 Å². The minimum absolute atomic E-state index is 0.0586. The third kappa shape index (κ3) is 2.67. The maximum atomic E-state index is 12.1. The van der Waals surface area contributed by atoms with E-state index in [9.17, 15) is 14.9 Å². The van der Waals surface area contributed by atoms with E-state index < -0.39 is 11.2 Å². The second-order valence-corrected chi connectivity index (χ2v) is 5.91. The summed E-state index contributed by atoms with van der Waals surface area (Å²) in [7, 11) is 2.90. The summed E-state index contributed by atoms with van der Waals surface area (Å²) < 4.78 is 7.96. The van der Waals surface area contributed by atoms with E-state index in [1.165, 1.54) is 18.7 Å². The van der Waals surface area contributed by atoms with E-state index in [4.69, 9.17) is 4.74 Å². The van der Waals surface area contributed by atoms with Crippen LogP contribution < -0.4 is 21.3 Å². The minimum Gasteiger partial charge on any atom is -0.493 e. The van der Waals surface area contributed by atoms with Crippen LogP contribution in [-0.4, -0.2) is 22.3 Å². The molecule has 0 bridgehead atoms. The van der Waals surface area contributed by atoms with Gasteiger partial charge in [0.25, 0.3) is 5.56 Å². The lowest BCUT2D eigenvalue weighted by Crippen LogP contribution is -2.40. The lowest BCUT2D eigenvalue weighted by atomic mass is 9.97. The van der Waals surface area contributed by atoms with Gasteiger partial charge in [-0.1, -0.05) is 18.2 Å². The maximum Gasteiger partial charge on any atom is 0.332 e. The molecule has 1 aliphatic heterocycles. The highest BCUT2D eigenvalue weighted by Crippen LogP contribution is 2.26. The molecule has 7 nitrogen and oxygen atoms in total. The van der Waals surface area contributed by atoms with Crippen molar-refractivity contribution in [2.75, 3.05) is 18.5 Å². The van der Waals surface area contributed by atoms with Gasteiger partial charge in [0.15, 0.2) is 5.56 Å². The second-order valence-electron chi connectivity index (χ2n) is 5.91. The van der Waals surface area contributed by atoms with Crippen molar-refractivity contribution >= 4 is 5.82 Å². The van der Waals surface area contributed by atoms with Gasteiger partial charge >= 0.3 is 5.69 Å². The summed E-state index contributed by atoms with van der Waals surface area (Å²) in [5.41, 5.74) is 0.0192. The molecular formula is C17H18N4O3. The molecule has 0 spiro atoms. The Labute approximate surface area is 138 Å². The predicted octanol–water partition coefficient (Wildman–Crippen LogP) is 0.619. The summed E-state index contributed by atoms with van der Waals surface area (Å²) in [6, 6.07) is 9.76. The smallest absolute Gasteiger partial charge is 0.332 e. The molecule has 0 aliphatic carbocycles. The maximum absolute atomic E-state index is 12.1. The standard InChI is InChI=1S/C17H18N4O3/c1-20-15(13(8-18)16(22)21(2)17(20)23)19-9-11-7-12-5-3-4-6-14(12)24-10-11/h3-6,11,19H,7,9-10H2,1-2H3/t11-/m1/s1. The molecule has 0 unspecified atom stereocenters. The van der Waals surface area contributed by atoms with Gasteiger partial charge in [0.2, 0.25) is 0 Å². The predicted molar refractivity (Wildman–Crippen MR) is 89.3 cm³/mol. The Bertz CT molecular complexity index is 936. The Kier molecular flexibility index (Phi) is 4.13. The quantitative estimate of drug-likeness (QED) is 0.893. The molecule has 3 rings (SSSR count). The molecule has 0 amide bonds. The first-order valence-corrected chi connectivity index (χ1v) is 7.67. The Balaban J connectivity index is 1.83. The van der Waals surface area contributed by atoms with Gasteiger partial charge in [-0.05, 0) is 18.1 Å². The lowest BCUT2D eigenvalue weighted by Gasteiger charge is -2.26. The number of para-hydroxylation sites is 1. The molecule has 0 fully saturated rings. The molecule has 24 heavy (non-hydrogen) atoms. The van der Waals surface area contributed by atoms with Gasteiger partial charge in [-0.2, -0.15) is 5.26 Å². The Morgan fingerprint density at radius 3 is 2.79 bits per heavy atom. The van der Waals surface area contributed by atoms with Gasteiger partial charge < -0.3 is 10.1 Å². The normalized spacial score (nSPS) is 16.0. The van der Waals surface area contributed by atoms with Crippen LogP contribution in [0, 0.1) is 17.2 Å². The van der Waals surface area contributed by atoms with Crippen molar-refractivity contribution in [3.63, 3.8) is 0 Å². The Morgan fingerprint density at radius 1 is 1.29 bits per heavy atom. The van der Waals surface area contributed by atoms with Crippen LogP contribution in [-0.2, 0) is 20.5 Å². The summed E-state index contributed by atoms with van der Waals surface area (Å²) in [6.45, 7) is 1.05. The number of fused-ring (bicyclic) bond motifs is 1. The highest BCUT2D eigenvalue weighted by Gasteiger charge is 2.21. The van der Waals surface area contributed by atoms with Gasteiger partial charge in [-0.15, -0.1) is 0 Å². The number of nitrogens with one attached hydrogen (secondary N) is 1. The largest absolute Gasteiger partial charge is 0.493 e. The molecule has 7 heteroatoms. The number of benzene rings is 1. The fourth-order valence-corrected chi connectivity index (χ4v) is 2.91. The van der Waals surface area contributed by atoms with Crippen LogP contribution in [0.3, 0.4) is 0 Å². The zero-order chi connectivity index (χ0) is 17.3. The van der Waals surface area contributed by atoms with E-state index in [-0.39, 0.29) is 17.3 Å². The fraction of sp³-hybridized carbons (Fsp3) is 0.353. The van der Waals surface area contributed by atoms with Gasteiger partial charge in [0, 0.05) is 26.6 Å². The molecule has 124 valence electrons. The first-order valence-electron chi connectivity index (χ1n) is 7.67. The first kappa shape index (κ1) is 15.9. The summed E-state index contributed by atoms with van der Waals surface area (Å²) in [5.74, 6) is 1.34. The van der Waals surface area contributed by atoms with Crippen LogP contribution >= 0.6 is 0 Å². The third-order valence-electron chi connectivity index (χ3n) is 4.29. The first-order chi connectivity index (χ1) is 11.5. The Hall–Kier alpha value is -3.01. The van der Waals surface area contributed by atoms with E-state index in [1.54, 1.807) is 0 Å². The number of hydrogen-bond donors (Lipinski definition) is 1. The highest BCUT2D eigenvalue weighted by atomic mass is 16.5. The summed E-state index contributed by atoms with van der Waals surface area (Å²) in [6.07, 6.45) is 0.837. The third-order valence-corrected chi connectivity index (χ3v) is 4.29. The van der Waals surface area contributed by atoms with Gasteiger partial charge in [-0.25, -0.2) is 4.79 Å². The number of anilines is 1.